The Bertz CT molecular complexity index is 1430. The van der Waals surface area contributed by atoms with Crippen molar-refractivity contribution in [2.45, 2.75) is 45.3 Å². The zero-order chi connectivity index (χ0) is 26.6. The molecule has 0 bridgehead atoms. The lowest BCUT2D eigenvalue weighted by Gasteiger charge is -2.26. The van der Waals surface area contributed by atoms with E-state index in [2.05, 4.69) is 32.7 Å². The Morgan fingerprint density at radius 2 is 2.03 bits per heavy atom. The van der Waals surface area contributed by atoms with Crippen molar-refractivity contribution in [2.24, 2.45) is 0 Å². The van der Waals surface area contributed by atoms with E-state index in [4.69, 9.17) is 4.98 Å². The fourth-order valence-electron chi connectivity index (χ4n) is 4.88. The maximum atomic E-state index is 13.5. The summed E-state index contributed by atoms with van der Waals surface area (Å²) in [5.41, 5.74) is 4.28. The van der Waals surface area contributed by atoms with Gasteiger partial charge in [0.15, 0.2) is 5.13 Å². The zero-order valence-electron chi connectivity index (χ0n) is 21.2. The third-order valence-electron chi connectivity index (χ3n) is 6.69. The molecule has 5 rings (SSSR count). The van der Waals surface area contributed by atoms with Gasteiger partial charge in [0.2, 0.25) is 11.9 Å². The van der Waals surface area contributed by atoms with Crippen LogP contribution in [0.4, 0.5) is 15.2 Å². The molecule has 2 N–H and O–H groups in total. The van der Waals surface area contributed by atoms with Crippen molar-refractivity contribution >= 4 is 34.0 Å². The van der Waals surface area contributed by atoms with Crippen molar-refractivity contribution < 1.29 is 14.0 Å². The average molecular weight is 533 g/mol. The Morgan fingerprint density at radius 3 is 2.79 bits per heavy atom. The Balaban J connectivity index is 1.26. The number of hydrogen-bond donors (Lipinski definition) is 2. The molecular weight excluding hydrogens is 503 g/mol. The number of anilines is 2. The average Bonchev–Trinajstić information content (AvgIpc) is 3.65. The second kappa shape index (κ2) is 11.1. The minimum atomic E-state index is -0.549. The van der Waals surface area contributed by atoms with Crippen molar-refractivity contribution in [3.05, 3.63) is 94.8 Å². The van der Waals surface area contributed by atoms with E-state index in [0.717, 1.165) is 41.9 Å². The predicted octanol–water partition coefficient (Wildman–Crippen LogP) is 5.32. The molecule has 0 aliphatic carbocycles. The number of nitrogens with one attached hydrogen (secondary N) is 2. The topological polar surface area (TPSA) is 92.2 Å². The zero-order valence-corrected chi connectivity index (χ0v) is 22.0. The molecule has 1 fully saturated rings. The first-order chi connectivity index (χ1) is 18.4. The third-order valence-corrected chi connectivity index (χ3v) is 7.46. The fraction of sp³-hybridized carbons (Fsp3) is 0.286. The van der Waals surface area contributed by atoms with Crippen LogP contribution in [0.1, 0.15) is 66.1 Å². The van der Waals surface area contributed by atoms with Crippen LogP contribution in [-0.4, -0.2) is 32.9 Å². The summed E-state index contributed by atoms with van der Waals surface area (Å²) in [6.45, 7) is 4.77. The maximum Gasteiger partial charge on any atom is 0.274 e. The van der Waals surface area contributed by atoms with Gasteiger partial charge in [-0.2, -0.15) is 4.39 Å². The number of benzene rings is 1. The second-order valence-electron chi connectivity index (χ2n) is 9.40. The molecule has 0 saturated carbocycles. The highest BCUT2D eigenvalue weighted by atomic mass is 32.1. The number of rotatable bonds is 8. The van der Waals surface area contributed by atoms with E-state index in [0.29, 0.717) is 17.4 Å². The van der Waals surface area contributed by atoms with Crippen LogP contribution in [0.2, 0.25) is 0 Å². The molecule has 4 heterocycles. The standard InChI is InChI=1S/C28H29FN6O2S/c1-18(31-19(2)36)21-7-9-22(10-8-21)35-14-4-5-24(35)23-17-38-28(32-23)33-27(37)25-6-3-13-34(25)16-20-11-12-30-26(29)15-20/h3,6-13,15,17-18,24H,4-5,14,16H2,1-2H3,(H,31,36)(H,32,33,37)/t18-,24?/m1/s1. The molecule has 10 heteroatoms. The van der Waals surface area contributed by atoms with Gasteiger partial charge in [0.05, 0.1) is 17.8 Å². The van der Waals surface area contributed by atoms with Crippen LogP contribution in [0.15, 0.2) is 66.3 Å². The number of aromatic nitrogens is 3. The smallest absolute Gasteiger partial charge is 0.274 e. The summed E-state index contributed by atoms with van der Waals surface area (Å²) >= 11 is 1.41. The van der Waals surface area contributed by atoms with Crippen molar-refractivity contribution in [3.63, 3.8) is 0 Å². The molecule has 1 aliphatic rings. The number of halogens is 1. The highest BCUT2D eigenvalue weighted by molar-refractivity contribution is 7.14. The Hall–Kier alpha value is -4.05. The molecule has 0 radical (unpaired) electrons. The van der Waals surface area contributed by atoms with Gasteiger partial charge in [-0.15, -0.1) is 11.3 Å². The van der Waals surface area contributed by atoms with E-state index in [1.807, 2.05) is 24.4 Å². The van der Waals surface area contributed by atoms with Gasteiger partial charge in [0.1, 0.15) is 5.69 Å². The number of thiazole rings is 1. The highest BCUT2D eigenvalue weighted by Crippen LogP contribution is 2.37. The van der Waals surface area contributed by atoms with Gasteiger partial charge in [-0.05, 0) is 67.3 Å². The van der Waals surface area contributed by atoms with Crippen molar-refractivity contribution in [2.75, 3.05) is 16.8 Å². The van der Waals surface area contributed by atoms with E-state index < -0.39 is 5.95 Å². The maximum absolute atomic E-state index is 13.5. The molecule has 1 aliphatic heterocycles. The van der Waals surface area contributed by atoms with Gasteiger partial charge >= 0.3 is 0 Å². The lowest BCUT2D eigenvalue weighted by molar-refractivity contribution is -0.119. The van der Waals surface area contributed by atoms with Crippen LogP contribution >= 0.6 is 11.3 Å². The lowest BCUT2D eigenvalue weighted by atomic mass is 10.1. The molecule has 8 nitrogen and oxygen atoms in total. The number of pyridine rings is 1. The normalized spacial score (nSPS) is 15.9. The number of carbonyl (C=O) groups is 2. The molecule has 2 amide bonds. The molecule has 2 atom stereocenters. The van der Waals surface area contributed by atoms with Crippen LogP contribution in [-0.2, 0) is 11.3 Å². The lowest BCUT2D eigenvalue weighted by Crippen LogP contribution is -2.24. The molecule has 38 heavy (non-hydrogen) atoms. The first-order valence-electron chi connectivity index (χ1n) is 12.5. The van der Waals surface area contributed by atoms with Crippen molar-refractivity contribution in [1.29, 1.82) is 0 Å². The molecule has 196 valence electrons. The van der Waals surface area contributed by atoms with E-state index in [1.165, 1.54) is 30.5 Å². The second-order valence-corrected chi connectivity index (χ2v) is 10.3. The summed E-state index contributed by atoms with van der Waals surface area (Å²) < 4.78 is 15.2. The summed E-state index contributed by atoms with van der Waals surface area (Å²) in [4.78, 5) is 35.1. The molecule has 4 aromatic rings. The van der Waals surface area contributed by atoms with E-state index in [9.17, 15) is 14.0 Å². The minimum absolute atomic E-state index is 0.0485. The molecule has 1 aromatic carbocycles. The summed E-state index contributed by atoms with van der Waals surface area (Å²) in [5.74, 6) is -0.866. The fourth-order valence-corrected chi connectivity index (χ4v) is 5.63. The number of hydrogen-bond acceptors (Lipinski definition) is 6. The molecule has 1 unspecified atom stereocenters. The van der Waals surface area contributed by atoms with Gasteiger partial charge in [-0.1, -0.05) is 12.1 Å². The van der Waals surface area contributed by atoms with Crippen LogP contribution in [0.5, 0.6) is 0 Å². The van der Waals surface area contributed by atoms with Crippen LogP contribution in [0.3, 0.4) is 0 Å². The summed E-state index contributed by atoms with van der Waals surface area (Å²) in [6, 6.07) is 15.0. The quantitative estimate of drug-likeness (QED) is 0.300. The summed E-state index contributed by atoms with van der Waals surface area (Å²) in [5, 5.41) is 8.38. The van der Waals surface area contributed by atoms with Crippen molar-refractivity contribution in [3.8, 4) is 0 Å². The van der Waals surface area contributed by atoms with Crippen LogP contribution in [0.25, 0.3) is 0 Å². The number of carbonyl (C=O) groups excluding carboxylic acids is 2. The summed E-state index contributed by atoms with van der Waals surface area (Å²) in [6.07, 6.45) is 5.24. The molecule has 1 saturated heterocycles. The molecule has 3 aromatic heterocycles. The SMILES string of the molecule is CC(=O)N[C@H](C)c1ccc(N2CCCC2c2csc(NC(=O)c3cccn3Cc3ccnc(F)c3)n2)cc1. The van der Waals surface area contributed by atoms with Gasteiger partial charge in [0, 0.05) is 43.5 Å². The van der Waals surface area contributed by atoms with Gasteiger partial charge in [-0.3, -0.25) is 14.9 Å². The van der Waals surface area contributed by atoms with Crippen molar-refractivity contribution in [1.82, 2.24) is 19.9 Å². The monoisotopic (exact) mass is 532 g/mol. The van der Waals surface area contributed by atoms with E-state index in [-0.39, 0.29) is 23.9 Å². The van der Waals surface area contributed by atoms with E-state index in [1.54, 1.807) is 29.0 Å². The number of amides is 2. The van der Waals surface area contributed by atoms with Gasteiger partial charge in [-0.25, -0.2) is 9.97 Å². The Morgan fingerprint density at radius 1 is 1.21 bits per heavy atom. The first kappa shape index (κ1) is 25.6. The van der Waals surface area contributed by atoms with Crippen LogP contribution in [0, 0.1) is 5.95 Å². The predicted molar refractivity (Wildman–Crippen MR) is 146 cm³/mol. The highest BCUT2D eigenvalue weighted by Gasteiger charge is 2.28. The minimum Gasteiger partial charge on any atom is -0.363 e. The molecular formula is C28H29FN6O2S. The Labute approximate surface area is 224 Å². The van der Waals surface area contributed by atoms with Crippen LogP contribution < -0.4 is 15.5 Å². The first-order valence-corrected chi connectivity index (χ1v) is 13.4. The summed E-state index contributed by atoms with van der Waals surface area (Å²) in [7, 11) is 0. The largest absolute Gasteiger partial charge is 0.363 e. The number of nitrogens with zero attached hydrogens (tertiary/aromatic N) is 4. The van der Waals surface area contributed by atoms with Gasteiger partial charge in [0.25, 0.3) is 5.91 Å². The Kier molecular flexibility index (Phi) is 7.50. The molecule has 0 spiro atoms. The van der Waals surface area contributed by atoms with E-state index >= 15 is 0 Å². The third kappa shape index (κ3) is 5.75. The van der Waals surface area contributed by atoms with Gasteiger partial charge < -0.3 is 14.8 Å².